The number of thioether (sulfide) groups is 1. The lowest BCUT2D eigenvalue weighted by Gasteiger charge is -2.33. The normalized spacial score (nSPS) is 19.6. The van der Waals surface area contributed by atoms with Crippen LogP contribution in [-0.4, -0.2) is 59.2 Å². The highest BCUT2D eigenvalue weighted by molar-refractivity contribution is 8.18. The molecule has 0 aliphatic carbocycles. The van der Waals surface area contributed by atoms with Gasteiger partial charge in [0.05, 0.1) is 32.2 Å². The van der Waals surface area contributed by atoms with E-state index in [2.05, 4.69) is 32.1 Å². The standard InChI is InChI=1S/C23H20Cl2N6OS/c1-30-7-9-31(10-8-30)20-13-26-17-6-5-14(11-18(17)27-20)12-19-22(32)29-23(33-19)28-21-15(24)3-2-4-16(21)25/h2-6,11-13H,7-10H2,1H3,(H,28,29,32). The van der Waals surface area contributed by atoms with Crippen LogP contribution < -0.4 is 10.2 Å². The molecule has 33 heavy (non-hydrogen) atoms. The Hall–Kier alpha value is -2.65. The number of amidine groups is 1. The number of fused-ring (bicyclic) bond motifs is 1. The number of carbonyl (C=O) groups is 1. The SMILES string of the molecule is CN1CCN(c2cnc3ccc(C=C4SC(=Nc5c(Cl)cccc5Cl)NC4=O)cc3n2)CC1. The highest BCUT2D eigenvalue weighted by Gasteiger charge is 2.24. The number of aromatic nitrogens is 2. The molecule has 168 valence electrons. The van der Waals surface area contributed by atoms with Gasteiger partial charge in [0.1, 0.15) is 11.5 Å². The smallest absolute Gasteiger partial charge is 0.264 e. The molecule has 0 radical (unpaired) electrons. The van der Waals surface area contributed by atoms with Crippen LogP contribution in [-0.2, 0) is 4.79 Å². The predicted molar refractivity (Wildman–Crippen MR) is 137 cm³/mol. The summed E-state index contributed by atoms with van der Waals surface area (Å²) in [4.78, 5) is 31.4. The third-order valence-corrected chi connectivity index (χ3v) is 7.00. The predicted octanol–water partition coefficient (Wildman–Crippen LogP) is 4.58. The van der Waals surface area contributed by atoms with Crippen LogP contribution in [0.2, 0.25) is 10.0 Å². The van der Waals surface area contributed by atoms with Gasteiger partial charge in [0, 0.05) is 26.2 Å². The average Bonchev–Trinajstić information content (AvgIpc) is 3.15. The molecular formula is C23H20Cl2N6OS. The fraction of sp³-hybridized carbons (Fsp3) is 0.217. The number of benzene rings is 2. The summed E-state index contributed by atoms with van der Waals surface area (Å²) in [6.45, 7) is 3.85. The lowest BCUT2D eigenvalue weighted by Crippen LogP contribution is -2.44. The minimum atomic E-state index is -0.223. The zero-order chi connectivity index (χ0) is 22.9. The molecule has 7 nitrogen and oxygen atoms in total. The maximum atomic E-state index is 12.5. The summed E-state index contributed by atoms with van der Waals surface area (Å²) in [5, 5.41) is 4.05. The van der Waals surface area contributed by atoms with Crippen molar-refractivity contribution in [2.24, 2.45) is 4.99 Å². The Morgan fingerprint density at radius 1 is 1.09 bits per heavy atom. The molecule has 0 unspecified atom stereocenters. The number of halogens is 2. The van der Waals surface area contributed by atoms with E-state index in [1.807, 2.05) is 30.5 Å². The Labute approximate surface area is 205 Å². The largest absolute Gasteiger partial charge is 0.353 e. The van der Waals surface area contributed by atoms with E-state index in [-0.39, 0.29) is 5.91 Å². The average molecular weight is 499 g/mol. The van der Waals surface area contributed by atoms with E-state index in [9.17, 15) is 4.79 Å². The summed E-state index contributed by atoms with van der Waals surface area (Å²) < 4.78 is 0. The van der Waals surface area contributed by atoms with Crippen molar-refractivity contribution < 1.29 is 4.79 Å². The zero-order valence-electron chi connectivity index (χ0n) is 17.8. The van der Waals surface area contributed by atoms with Gasteiger partial charge in [0.2, 0.25) is 0 Å². The van der Waals surface area contributed by atoms with Gasteiger partial charge in [-0.2, -0.15) is 0 Å². The van der Waals surface area contributed by atoms with Gasteiger partial charge in [-0.25, -0.2) is 9.98 Å². The van der Waals surface area contributed by atoms with Gasteiger partial charge in [-0.05, 0) is 54.7 Å². The van der Waals surface area contributed by atoms with E-state index in [4.69, 9.17) is 28.2 Å². The topological polar surface area (TPSA) is 73.7 Å². The summed E-state index contributed by atoms with van der Waals surface area (Å²) >= 11 is 13.6. The molecule has 2 aliphatic heterocycles. The third-order valence-electron chi connectivity index (χ3n) is 5.48. The first-order valence-electron chi connectivity index (χ1n) is 10.4. The number of aliphatic imine (C=N–C) groups is 1. The van der Waals surface area contributed by atoms with Gasteiger partial charge in [-0.3, -0.25) is 9.78 Å². The second-order valence-electron chi connectivity index (χ2n) is 7.82. The van der Waals surface area contributed by atoms with E-state index in [1.165, 1.54) is 11.8 Å². The van der Waals surface area contributed by atoms with Crippen LogP contribution in [0.5, 0.6) is 0 Å². The Morgan fingerprint density at radius 3 is 2.61 bits per heavy atom. The fourth-order valence-electron chi connectivity index (χ4n) is 3.63. The number of amides is 1. The van der Waals surface area contributed by atoms with Crippen molar-refractivity contribution in [2.45, 2.75) is 0 Å². The van der Waals surface area contributed by atoms with Crippen LogP contribution in [0.1, 0.15) is 5.56 Å². The van der Waals surface area contributed by atoms with Gasteiger partial charge in [-0.15, -0.1) is 0 Å². The molecule has 3 heterocycles. The van der Waals surface area contributed by atoms with E-state index in [0.29, 0.717) is 25.8 Å². The summed E-state index contributed by atoms with van der Waals surface area (Å²) in [6, 6.07) is 10.9. The lowest BCUT2D eigenvalue weighted by atomic mass is 10.1. The molecule has 2 aromatic carbocycles. The first kappa shape index (κ1) is 22.2. The zero-order valence-corrected chi connectivity index (χ0v) is 20.1. The molecular weight excluding hydrogens is 479 g/mol. The van der Waals surface area contributed by atoms with Gasteiger partial charge >= 0.3 is 0 Å². The number of nitrogens with zero attached hydrogens (tertiary/aromatic N) is 5. The van der Waals surface area contributed by atoms with Crippen LogP contribution in [0.3, 0.4) is 0 Å². The molecule has 2 fully saturated rings. The van der Waals surface area contributed by atoms with Crippen LogP contribution in [0.25, 0.3) is 17.1 Å². The molecule has 3 aromatic rings. The lowest BCUT2D eigenvalue weighted by molar-refractivity contribution is -0.115. The molecule has 1 amide bonds. The van der Waals surface area contributed by atoms with E-state index in [1.54, 1.807) is 18.2 Å². The first-order chi connectivity index (χ1) is 16.0. The number of nitrogens with one attached hydrogen (secondary N) is 1. The highest BCUT2D eigenvalue weighted by atomic mass is 35.5. The minimum absolute atomic E-state index is 0.223. The summed E-state index contributed by atoms with van der Waals surface area (Å²) in [5.41, 5.74) is 2.90. The minimum Gasteiger partial charge on any atom is -0.353 e. The van der Waals surface area contributed by atoms with Crippen molar-refractivity contribution in [3.63, 3.8) is 0 Å². The van der Waals surface area contributed by atoms with Gasteiger partial charge < -0.3 is 15.1 Å². The van der Waals surface area contributed by atoms with Crippen LogP contribution in [0, 0.1) is 0 Å². The Balaban J connectivity index is 1.40. The van der Waals surface area contributed by atoms with E-state index >= 15 is 0 Å². The third kappa shape index (κ3) is 4.84. The maximum absolute atomic E-state index is 12.5. The number of likely N-dealkylation sites (N-methyl/N-ethyl adjacent to an activating group) is 1. The van der Waals surface area contributed by atoms with E-state index in [0.717, 1.165) is 48.6 Å². The molecule has 1 N–H and O–H groups in total. The Bertz CT molecular complexity index is 1280. The van der Waals surface area contributed by atoms with Crippen LogP contribution in [0.15, 0.2) is 52.5 Å². The van der Waals surface area contributed by atoms with E-state index < -0.39 is 0 Å². The molecule has 1 aromatic heterocycles. The summed E-state index contributed by atoms with van der Waals surface area (Å²) in [7, 11) is 2.12. The van der Waals surface area contributed by atoms with Crippen molar-refractivity contribution in [3.05, 3.63) is 63.1 Å². The van der Waals surface area contributed by atoms with Crippen molar-refractivity contribution >= 4 is 74.7 Å². The Kier molecular flexibility index (Phi) is 6.25. The molecule has 2 saturated heterocycles. The van der Waals surface area contributed by atoms with Crippen LogP contribution in [0.4, 0.5) is 11.5 Å². The maximum Gasteiger partial charge on any atom is 0.264 e. The molecule has 0 saturated carbocycles. The molecule has 5 rings (SSSR count). The summed E-state index contributed by atoms with van der Waals surface area (Å²) in [6.07, 6.45) is 3.65. The molecule has 0 spiro atoms. The van der Waals surface area contributed by atoms with Crippen molar-refractivity contribution in [1.82, 2.24) is 20.2 Å². The van der Waals surface area contributed by atoms with Gasteiger partial charge in [0.15, 0.2) is 5.17 Å². The number of rotatable bonds is 3. The second-order valence-corrected chi connectivity index (χ2v) is 9.66. The molecule has 2 aliphatic rings. The quantitative estimate of drug-likeness (QED) is 0.532. The number of para-hydroxylation sites is 1. The molecule has 0 bridgehead atoms. The molecule has 10 heteroatoms. The monoisotopic (exact) mass is 498 g/mol. The van der Waals surface area contributed by atoms with Crippen molar-refractivity contribution in [1.29, 1.82) is 0 Å². The molecule has 0 atom stereocenters. The van der Waals surface area contributed by atoms with Gasteiger partial charge in [-0.1, -0.05) is 35.3 Å². The first-order valence-corrected chi connectivity index (χ1v) is 12.0. The summed E-state index contributed by atoms with van der Waals surface area (Å²) in [5.74, 6) is 0.652. The fourth-order valence-corrected chi connectivity index (χ4v) is 4.94. The number of piperazine rings is 1. The second kappa shape index (κ2) is 9.30. The number of carbonyl (C=O) groups excluding carboxylic acids is 1. The van der Waals surface area contributed by atoms with Gasteiger partial charge in [0.25, 0.3) is 5.91 Å². The highest BCUT2D eigenvalue weighted by Crippen LogP contribution is 2.35. The van der Waals surface area contributed by atoms with Crippen LogP contribution >= 0.6 is 35.0 Å². The Morgan fingerprint density at radius 2 is 1.85 bits per heavy atom. The number of hydrogen-bond acceptors (Lipinski definition) is 7. The number of hydrogen-bond donors (Lipinski definition) is 1. The van der Waals surface area contributed by atoms with Crippen molar-refractivity contribution in [3.8, 4) is 0 Å². The number of anilines is 1. The van der Waals surface area contributed by atoms with Crippen molar-refractivity contribution in [2.75, 3.05) is 38.1 Å².